The largest absolute Gasteiger partial charge is 0.451 e. The van der Waals surface area contributed by atoms with Crippen molar-refractivity contribution >= 4 is 11.7 Å². The topological polar surface area (TPSA) is 52.3 Å². The summed E-state index contributed by atoms with van der Waals surface area (Å²) in [6, 6.07) is 5.21. The summed E-state index contributed by atoms with van der Waals surface area (Å²) in [4.78, 5) is 11.3. The van der Waals surface area contributed by atoms with Crippen LogP contribution >= 0.6 is 0 Å². The van der Waals surface area contributed by atoms with Crippen molar-refractivity contribution in [3.05, 3.63) is 29.3 Å². The van der Waals surface area contributed by atoms with E-state index in [9.17, 15) is 4.79 Å². The third-order valence-electron chi connectivity index (χ3n) is 2.26. The minimum absolute atomic E-state index is 0.264. The van der Waals surface area contributed by atoms with Gasteiger partial charge in [0.25, 0.3) is 0 Å². The molecule has 68 valence electrons. The van der Waals surface area contributed by atoms with Gasteiger partial charge in [0.15, 0.2) is 0 Å². The number of carbonyl (C=O) groups is 1. The second-order valence-electron chi connectivity index (χ2n) is 3.70. The SMILES string of the molecule is CC1(C)OC(=O)c2ccc(N)cc21. The fraction of sp³-hybridized carbons (Fsp3) is 0.300. The number of carbonyl (C=O) groups excluding carboxylic acids is 1. The lowest BCUT2D eigenvalue weighted by molar-refractivity contribution is 0.00955. The molecule has 3 heteroatoms. The zero-order valence-electron chi connectivity index (χ0n) is 7.63. The van der Waals surface area contributed by atoms with Crippen LogP contribution in [0.4, 0.5) is 5.69 Å². The highest BCUT2D eigenvalue weighted by Crippen LogP contribution is 2.36. The molecule has 1 aromatic rings. The van der Waals surface area contributed by atoms with Crippen LogP contribution in [-0.4, -0.2) is 5.97 Å². The minimum atomic E-state index is -0.540. The van der Waals surface area contributed by atoms with Gasteiger partial charge in [-0.15, -0.1) is 0 Å². The van der Waals surface area contributed by atoms with Crippen molar-refractivity contribution in [2.75, 3.05) is 5.73 Å². The summed E-state index contributed by atoms with van der Waals surface area (Å²) in [6.45, 7) is 3.71. The molecule has 2 N–H and O–H groups in total. The van der Waals surface area contributed by atoms with Gasteiger partial charge < -0.3 is 10.5 Å². The molecule has 0 saturated heterocycles. The van der Waals surface area contributed by atoms with Gasteiger partial charge in [0.05, 0.1) is 5.56 Å². The van der Waals surface area contributed by atoms with Gasteiger partial charge in [-0.05, 0) is 32.0 Å². The van der Waals surface area contributed by atoms with Crippen LogP contribution in [-0.2, 0) is 10.3 Å². The average molecular weight is 177 g/mol. The predicted octanol–water partition coefficient (Wildman–Crippen LogP) is 1.67. The Labute approximate surface area is 76.5 Å². The fourth-order valence-corrected chi connectivity index (χ4v) is 1.58. The van der Waals surface area contributed by atoms with Crippen LogP contribution in [0.2, 0.25) is 0 Å². The van der Waals surface area contributed by atoms with Crippen molar-refractivity contribution in [3.63, 3.8) is 0 Å². The first-order chi connectivity index (χ1) is 6.00. The van der Waals surface area contributed by atoms with Crippen molar-refractivity contribution in [3.8, 4) is 0 Å². The molecular formula is C10H11NO2. The summed E-state index contributed by atoms with van der Waals surface area (Å²) < 4.78 is 5.18. The first kappa shape index (κ1) is 8.10. The van der Waals surface area contributed by atoms with Gasteiger partial charge in [-0.25, -0.2) is 4.79 Å². The lowest BCUT2D eigenvalue weighted by atomic mass is 9.96. The number of esters is 1. The Hall–Kier alpha value is -1.51. The van der Waals surface area contributed by atoms with Crippen LogP contribution in [0.1, 0.15) is 29.8 Å². The molecule has 0 aliphatic carbocycles. The lowest BCUT2D eigenvalue weighted by Crippen LogP contribution is -2.16. The van der Waals surface area contributed by atoms with Crippen molar-refractivity contribution in [1.29, 1.82) is 0 Å². The van der Waals surface area contributed by atoms with E-state index < -0.39 is 5.60 Å². The lowest BCUT2D eigenvalue weighted by Gasteiger charge is -2.17. The van der Waals surface area contributed by atoms with Gasteiger partial charge >= 0.3 is 5.97 Å². The third-order valence-corrected chi connectivity index (χ3v) is 2.26. The second-order valence-corrected chi connectivity index (χ2v) is 3.70. The predicted molar refractivity (Wildman–Crippen MR) is 49.3 cm³/mol. The van der Waals surface area contributed by atoms with Crippen molar-refractivity contribution in [2.45, 2.75) is 19.4 Å². The third kappa shape index (κ3) is 1.08. The molecule has 0 aromatic heterocycles. The zero-order valence-corrected chi connectivity index (χ0v) is 7.63. The van der Waals surface area contributed by atoms with E-state index in [0.29, 0.717) is 11.3 Å². The standard InChI is InChI=1S/C10H11NO2/c1-10(2)8-5-6(11)3-4-7(8)9(12)13-10/h3-5H,11H2,1-2H3. The number of cyclic esters (lactones) is 1. The van der Waals surface area contributed by atoms with Crippen LogP contribution in [0, 0.1) is 0 Å². The maximum Gasteiger partial charge on any atom is 0.339 e. The number of fused-ring (bicyclic) bond motifs is 1. The smallest absolute Gasteiger partial charge is 0.339 e. The van der Waals surface area contributed by atoms with Crippen LogP contribution in [0.5, 0.6) is 0 Å². The minimum Gasteiger partial charge on any atom is -0.451 e. The molecule has 2 rings (SSSR count). The summed E-state index contributed by atoms with van der Waals surface area (Å²) in [7, 11) is 0. The highest BCUT2D eigenvalue weighted by atomic mass is 16.6. The summed E-state index contributed by atoms with van der Waals surface area (Å²) in [5.74, 6) is -0.264. The Bertz CT molecular complexity index is 383. The Morgan fingerprint density at radius 2 is 2.08 bits per heavy atom. The van der Waals surface area contributed by atoms with E-state index in [2.05, 4.69) is 0 Å². The number of benzene rings is 1. The normalized spacial score (nSPS) is 18.2. The Kier molecular flexibility index (Phi) is 1.40. The Morgan fingerprint density at radius 1 is 1.38 bits per heavy atom. The molecule has 1 aliphatic heterocycles. The zero-order chi connectivity index (χ0) is 9.64. The first-order valence-corrected chi connectivity index (χ1v) is 4.14. The van der Waals surface area contributed by atoms with Gasteiger partial charge in [0.2, 0.25) is 0 Å². The first-order valence-electron chi connectivity index (χ1n) is 4.14. The van der Waals surface area contributed by atoms with E-state index in [1.165, 1.54) is 0 Å². The highest BCUT2D eigenvalue weighted by molar-refractivity contribution is 5.95. The monoisotopic (exact) mass is 177 g/mol. The quantitative estimate of drug-likeness (QED) is 0.484. The molecule has 1 heterocycles. The molecule has 13 heavy (non-hydrogen) atoms. The number of rotatable bonds is 0. The van der Waals surface area contributed by atoms with Gasteiger partial charge in [0, 0.05) is 11.3 Å². The molecule has 0 unspecified atom stereocenters. The fourth-order valence-electron chi connectivity index (χ4n) is 1.58. The summed E-state index contributed by atoms with van der Waals surface area (Å²) in [6.07, 6.45) is 0. The molecule has 1 aromatic carbocycles. The number of nitrogens with two attached hydrogens (primary N) is 1. The molecule has 3 nitrogen and oxygen atoms in total. The van der Waals surface area contributed by atoms with Crippen molar-refractivity contribution in [1.82, 2.24) is 0 Å². The molecule has 0 bridgehead atoms. The molecular weight excluding hydrogens is 166 g/mol. The van der Waals surface area contributed by atoms with Crippen LogP contribution in [0.3, 0.4) is 0 Å². The van der Waals surface area contributed by atoms with Crippen LogP contribution < -0.4 is 5.73 Å². The van der Waals surface area contributed by atoms with Gasteiger partial charge in [-0.1, -0.05) is 0 Å². The van der Waals surface area contributed by atoms with E-state index >= 15 is 0 Å². The molecule has 0 amide bonds. The van der Waals surface area contributed by atoms with E-state index in [4.69, 9.17) is 10.5 Å². The number of hydrogen-bond donors (Lipinski definition) is 1. The van der Waals surface area contributed by atoms with Crippen LogP contribution in [0.25, 0.3) is 0 Å². The molecule has 0 spiro atoms. The Balaban J connectivity index is 2.66. The number of anilines is 1. The van der Waals surface area contributed by atoms with E-state index in [-0.39, 0.29) is 5.97 Å². The van der Waals surface area contributed by atoms with Gasteiger partial charge in [-0.3, -0.25) is 0 Å². The maximum absolute atomic E-state index is 11.3. The highest BCUT2D eigenvalue weighted by Gasteiger charge is 2.37. The average Bonchev–Trinajstić information content (AvgIpc) is 2.23. The summed E-state index contributed by atoms with van der Waals surface area (Å²) in [5, 5.41) is 0. The number of hydrogen-bond acceptors (Lipinski definition) is 3. The van der Waals surface area contributed by atoms with E-state index in [1.54, 1.807) is 18.2 Å². The molecule has 0 saturated carbocycles. The summed E-state index contributed by atoms with van der Waals surface area (Å²) >= 11 is 0. The van der Waals surface area contributed by atoms with Crippen LogP contribution in [0.15, 0.2) is 18.2 Å². The molecule has 0 fully saturated rings. The van der Waals surface area contributed by atoms with Gasteiger partial charge in [0.1, 0.15) is 5.60 Å². The van der Waals surface area contributed by atoms with E-state index in [0.717, 1.165) is 5.56 Å². The summed E-state index contributed by atoms with van der Waals surface area (Å²) in [5.41, 5.74) is 7.25. The molecule has 0 radical (unpaired) electrons. The molecule has 0 atom stereocenters. The van der Waals surface area contributed by atoms with Crippen molar-refractivity contribution in [2.24, 2.45) is 0 Å². The number of ether oxygens (including phenoxy) is 1. The second kappa shape index (κ2) is 2.25. The Morgan fingerprint density at radius 3 is 2.77 bits per heavy atom. The number of nitrogen functional groups attached to an aromatic ring is 1. The van der Waals surface area contributed by atoms with Gasteiger partial charge in [-0.2, -0.15) is 0 Å². The van der Waals surface area contributed by atoms with Crippen molar-refractivity contribution < 1.29 is 9.53 Å². The molecule has 1 aliphatic rings. The van der Waals surface area contributed by atoms with E-state index in [1.807, 2.05) is 13.8 Å². The maximum atomic E-state index is 11.3.